The molecule has 6 nitrogen and oxygen atoms in total. The van der Waals surface area contributed by atoms with Gasteiger partial charge in [-0.05, 0) is 42.3 Å². The average molecular weight is 397 g/mol. The van der Waals surface area contributed by atoms with E-state index in [0.717, 1.165) is 5.56 Å². The summed E-state index contributed by atoms with van der Waals surface area (Å²) < 4.78 is 31.5. The van der Waals surface area contributed by atoms with Crippen molar-refractivity contribution in [3.05, 3.63) is 58.4 Å². The van der Waals surface area contributed by atoms with Crippen LogP contribution in [0.3, 0.4) is 0 Å². The first-order valence-electron chi connectivity index (χ1n) is 8.04. The molecule has 0 aliphatic heterocycles. The number of benzene rings is 1. The fraction of sp³-hybridized carbons (Fsp3) is 0.333. The Hall–Kier alpha value is -1.80. The van der Waals surface area contributed by atoms with Gasteiger partial charge in [0.25, 0.3) is 0 Å². The second kappa shape index (κ2) is 8.73. The third kappa shape index (κ3) is 4.67. The van der Waals surface area contributed by atoms with Crippen LogP contribution in [0.15, 0.2) is 41.4 Å². The monoisotopic (exact) mass is 396 g/mol. The Morgan fingerprint density at radius 3 is 2.69 bits per heavy atom. The van der Waals surface area contributed by atoms with Gasteiger partial charge in [0.15, 0.2) is 0 Å². The largest absolute Gasteiger partial charge is 0.368 e. The molecule has 2 rings (SSSR count). The van der Waals surface area contributed by atoms with Crippen LogP contribution in [0.4, 0.5) is 0 Å². The van der Waals surface area contributed by atoms with Crippen molar-refractivity contribution in [2.24, 2.45) is 0 Å². The normalized spacial score (nSPS) is 11.7. The summed E-state index contributed by atoms with van der Waals surface area (Å²) in [6.45, 7) is 3.77. The number of nitrogens with zero attached hydrogens (tertiary/aromatic N) is 2. The van der Waals surface area contributed by atoms with Crippen LogP contribution in [0.5, 0.6) is 0 Å². The van der Waals surface area contributed by atoms with E-state index in [1.807, 2.05) is 0 Å². The number of ether oxygens (including phenoxy) is 1. The van der Waals surface area contributed by atoms with Crippen molar-refractivity contribution in [2.75, 3.05) is 20.2 Å². The lowest BCUT2D eigenvalue weighted by Crippen LogP contribution is -2.26. The van der Waals surface area contributed by atoms with E-state index in [4.69, 9.17) is 16.3 Å². The van der Waals surface area contributed by atoms with Crippen LogP contribution >= 0.6 is 11.6 Å². The van der Waals surface area contributed by atoms with Crippen LogP contribution in [-0.4, -0.2) is 43.7 Å². The molecule has 1 heterocycles. The third-order valence-corrected chi connectivity index (χ3v) is 6.23. The number of ketones is 1. The van der Waals surface area contributed by atoms with E-state index < -0.39 is 10.0 Å². The fourth-order valence-electron chi connectivity index (χ4n) is 2.27. The summed E-state index contributed by atoms with van der Waals surface area (Å²) >= 11 is 6.13. The lowest BCUT2D eigenvalue weighted by Gasteiger charge is -2.16. The zero-order chi connectivity index (χ0) is 19.3. The Kier molecular flexibility index (Phi) is 6.88. The number of aryl methyl sites for hydroxylation is 1. The summed E-state index contributed by atoms with van der Waals surface area (Å²) in [7, 11) is -2.07. The van der Waals surface area contributed by atoms with E-state index in [1.165, 1.54) is 29.6 Å². The smallest absolute Gasteiger partial charge is 0.242 e. The Balaban J connectivity index is 2.09. The van der Waals surface area contributed by atoms with Crippen molar-refractivity contribution in [1.29, 1.82) is 0 Å². The predicted octanol–water partition coefficient (Wildman–Crippen LogP) is 3.08. The third-order valence-electron chi connectivity index (χ3n) is 3.93. The van der Waals surface area contributed by atoms with E-state index in [9.17, 15) is 13.2 Å². The number of sulfonamides is 1. The van der Waals surface area contributed by atoms with Gasteiger partial charge in [-0.25, -0.2) is 12.7 Å². The van der Waals surface area contributed by atoms with Crippen LogP contribution in [-0.2, 0) is 21.4 Å². The van der Waals surface area contributed by atoms with Crippen LogP contribution in [0.25, 0.3) is 0 Å². The van der Waals surface area contributed by atoms with Gasteiger partial charge in [-0.2, -0.15) is 0 Å². The van der Waals surface area contributed by atoms with Crippen LogP contribution in [0, 0.1) is 6.92 Å². The maximum atomic E-state index is 12.4. The molecule has 0 aliphatic rings. The van der Waals surface area contributed by atoms with Crippen molar-refractivity contribution in [3.63, 3.8) is 0 Å². The molecule has 0 spiro atoms. The van der Waals surface area contributed by atoms with E-state index in [1.54, 1.807) is 32.2 Å². The second-order valence-electron chi connectivity index (χ2n) is 5.76. The van der Waals surface area contributed by atoms with Gasteiger partial charge in [0, 0.05) is 24.8 Å². The van der Waals surface area contributed by atoms with E-state index >= 15 is 0 Å². The Bertz CT molecular complexity index is 900. The van der Waals surface area contributed by atoms with Gasteiger partial charge in [-0.3, -0.25) is 9.78 Å². The number of halogens is 1. The molecule has 0 unspecified atom stereocenters. The van der Waals surface area contributed by atoms with Gasteiger partial charge in [0.1, 0.15) is 12.3 Å². The summed E-state index contributed by atoms with van der Waals surface area (Å²) in [4.78, 5) is 16.4. The maximum absolute atomic E-state index is 12.4. The molecule has 0 fully saturated rings. The molecule has 2 aromatic rings. The van der Waals surface area contributed by atoms with Gasteiger partial charge < -0.3 is 4.74 Å². The zero-order valence-electron chi connectivity index (χ0n) is 14.9. The SMILES string of the molecule is CCN(C)S(=O)(=O)c1ccc(Cl)c(COCC(=O)c2ncccc2C)c1. The fourth-order valence-corrected chi connectivity index (χ4v) is 3.67. The van der Waals surface area contributed by atoms with Gasteiger partial charge >= 0.3 is 0 Å². The van der Waals surface area contributed by atoms with Crippen molar-refractivity contribution in [3.8, 4) is 0 Å². The molecule has 0 radical (unpaired) electrons. The Labute approximate surface area is 158 Å². The highest BCUT2D eigenvalue weighted by atomic mass is 35.5. The van der Waals surface area contributed by atoms with E-state index in [-0.39, 0.29) is 23.9 Å². The van der Waals surface area contributed by atoms with Crippen LogP contribution in [0.1, 0.15) is 28.5 Å². The average Bonchev–Trinajstić information content (AvgIpc) is 2.62. The number of hydrogen-bond acceptors (Lipinski definition) is 5. The quantitative estimate of drug-likeness (QED) is 0.641. The van der Waals surface area contributed by atoms with Gasteiger partial charge in [-0.15, -0.1) is 0 Å². The molecule has 0 atom stereocenters. The maximum Gasteiger partial charge on any atom is 0.242 e. The Morgan fingerprint density at radius 1 is 1.31 bits per heavy atom. The minimum absolute atomic E-state index is 0.0235. The molecule has 8 heteroatoms. The standard InChI is InChI=1S/C18H21ClN2O4S/c1-4-21(3)26(23,24)15-7-8-16(19)14(10-15)11-25-12-17(22)18-13(2)6-5-9-20-18/h5-10H,4,11-12H2,1-3H3. The minimum atomic E-state index is -3.58. The number of Topliss-reactive ketones (excluding diaryl/α,β-unsaturated/α-hetero) is 1. The highest BCUT2D eigenvalue weighted by Gasteiger charge is 2.20. The molecule has 0 amide bonds. The highest BCUT2D eigenvalue weighted by molar-refractivity contribution is 7.89. The molecule has 1 aromatic carbocycles. The van der Waals surface area contributed by atoms with E-state index in [2.05, 4.69) is 4.98 Å². The number of rotatable bonds is 8. The van der Waals surface area contributed by atoms with Gasteiger partial charge in [0.2, 0.25) is 15.8 Å². The number of carbonyl (C=O) groups is 1. The van der Waals surface area contributed by atoms with Crippen LogP contribution in [0.2, 0.25) is 5.02 Å². The first-order valence-corrected chi connectivity index (χ1v) is 9.86. The zero-order valence-corrected chi connectivity index (χ0v) is 16.5. The summed E-state index contributed by atoms with van der Waals surface area (Å²) in [5.41, 5.74) is 1.64. The molecule has 0 N–H and O–H groups in total. The molecule has 0 saturated carbocycles. The lowest BCUT2D eigenvalue weighted by atomic mass is 10.1. The Morgan fingerprint density at radius 2 is 2.04 bits per heavy atom. The second-order valence-corrected chi connectivity index (χ2v) is 8.21. The van der Waals surface area contributed by atoms with Gasteiger partial charge in [-0.1, -0.05) is 24.6 Å². The van der Waals surface area contributed by atoms with Crippen LogP contribution < -0.4 is 0 Å². The number of aromatic nitrogens is 1. The molecule has 26 heavy (non-hydrogen) atoms. The number of pyridine rings is 1. The molecule has 0 aliphatic carbocycles. The lowest BCUT2D eigenvalue weighted by molar-refractivity contribution is 0.0721. The van der Waals surface area contributed by atoms with E-state index in [0.29, 0.717) is 22.8 Å². The van der Waals surface area contributed by atoms with Crippen molar-refractivity contribution < 1.29 is 17.9 Å². The predicted molar refractivity (Wildman–Crippen MR) is 99.9 cm³/mol. The summed E-state index contributed by atoms with van der Waals surface area (Å²) in [5, 5.41) is 0.379. The number of carbonyl (C=O) groups excluding carboxylic acids is 1. The molecule has 1 aromatic heterocycles. The molecular weight excluding hydrogens is 376 g/mol. The topological polar surface area (TPSA) is 76.6 Å². The van der Waals surface area contributed by atoms with Crippen molar-refractivity contribution >= 4 is 27.4 Å². The first-order chi connectivity index (χ1) is 12.3. The molecule has 0 saturated heterocycles. The van der Waals surface area contributed by atoms with Crippen molar-refractivity contribution in [1.82, 2.24) is 9.29 Å². The van der Waals surface area contributed by atoms with Gasteiger partial charge in [0.05, 0.1) is 11.5 Å². The highest BCUT2D eigenvalue weighted by Crippen LogP contribution is 2.23. The molecule has 140 valence electrons. The first kappa shape index (κ1) is 20.5. The summed E-state index contributed by atoms with van der Waals surface area (Å²) in [5.74, 6) is -0.242. The molecule has 0 bridgehead atoms. The molecular formula is C18H21ClN2O4S. The number of hydrogen-bond donors (Lipinski definition) is 0. The summed E-state index contributed by atoms with van der Waals surface area (Å²) in [6, 6.07) is 8.00. The minimum Gasteiger partial charge on any atom is -0.368 e. The van der Waals surface area contributed by atoms with Crippen molar-refractivity contribution in [2.45, 2.75) is 25.3 Å². The summed E-state index contributed by atoms with van der Waals surface area (Å²) in [6.07, 6.45) is 1.55.